The minimum Gasteiger partial charge on any atom is -0.497 e. The summed E-state index contributed by atoms with van der Waals surface area (Å²) in [6, 6.07) is 13.3. The molecule has 3 N–H and O–H groups in total. The minimum atomic E-state index is -0.477. The van der Waals surface area contributed by atoms with Gasteiger partial charge in [-0.3, -0.25) is 4.79 Å². The summed E-state index contributed by atoms with van der Waals surface area (Å²) < 4.78 is 23.5. The molecule has 1 aromatic heterocycles. The predicted molar refractivity (Wildman–Crippen MR) is 124 cm³/mol. The van der Waals surface area contributed by atoms with Crippen LogP contribution in [0.1, 0.15) is 51.5 Å². The van der Waals surface area contributed by atoms with Gasteiger partial charge in [-0.15, -0.1) is 0 Å². The summed E-state index contributed by atoms with van der Waals surface area (Å²) >= 11 is 0. The summed E-state index contributed by atoms with van der Waals surface area (Å²) in [7, 11) is 1.60. The molecule has 0 bridgehead atoms. The van der Waals surface area contributed by atoms with Crippen molar-refractivity contribution in [1.82, 2.24) is 10.3 Å². The summed E-state index contributed by atoms with van der Waals surface area (Å²) in [5.41, 5.74) is 3.44. The van der Waals surface area contributed by atoms with Gasteiger partial charge < -0.3 is 25.1 Å². The Kier molecular flexibility index (Phi) is 8.07. The van der Waals surface area contributed by atoms with Gasteiger partial charge in [-0.05, 0) is 60.9 Å². The van der Waals surface area contributed by atoms with Crippen LogP contribution < -0.4 is 15.4 Å². The Morgan fingerprint density at radius 3 is 2.30 bits per heavy atom. The van der Waals surface area contributed by atoms with Crippen molar-refractivity contribution in [3.63, 3.8) is 0 Å². The van der Waals surface area contributed by atoms with E-state index in [2.05, 4.69) is 15.6 Å². The molecule has 0 spiro atoms. The number of esters is 1. The highest BCUT2D eigenvalue weighted by Gasteiger charge is 2.26. The number of aromatic nitrogens is 1. The zero-order chi connectivity index (χ0) is 23.8. The monoisotopic (exact) mass is 453 g/mol. The summed E-state index contributed by atoms with van der Waals surface area (Å²) in [5, 5.41) is 6.08. The SMILES string of the molecule is CCOC(=O)c1c(CNc2ccc(OC)cc2)[nH]c(C(=O)NCc2ccc(F)cc2)c1CC. The van der Waals surface area contributed by atoms with E-state index in [0.717, 1.165) is 17.0 Å². The number of amides is 1. The normalized spacial score (nSPS) is 10.5. The highest BCUT2D eigenvalue weighted by molar-refractivity contribution is 6.00. The second kappa shape index (κ2) is 11.2. The molecule has 7 nitrogen and oxygen atoms in total. The van der Waals surface area contributed by atoms with Crippen molar-refractivity contribution in [2.75, 3.05) is 19.0 Å². The lowest BCUT2D eigenvalue weighted by Gasteiger charge is -2.09. The Morgan fingerprint density at radius 1 is 1.00 bits per heavy atom. The van der Waals surface area contributed by atoms with E-state index in [1.165, 1.54) is 12.1 Å². The van der Waals surface area contributed by atoms with Crippen molar-refractivity contribution in [1.29, 1.82) is 0 Å². The van der Waals surface area contributed by atoms with E-state index in [-0.39, 0.29) is 24.9 Å². The first-order valence-corrected chi connectivity index (χ1v) is 10.8. The molecule has 0 atom stereocenters. The Labute approximate surface area is 192 Å². The number of aromatic amines is 1. The molecule has 2 aromatic carbocycles. The van der Waals surface area contributed by atoms with Crippen LogP contribution in [0.15, 0.2) is 48.5 Å². The number of hydrogen-bond donors (Lipinski definition) is 3. The average Bonchev–Trinajstić information content (AvgIpc) is 3.21. The van der Waals surface area contributed by atoms with Gasteiger partial charge in [-0.1, -0.05) is 19.1 Å². The fourth-order valence-electron chi connectivity index (χ4n) is 3.50. The number of hydrogen-bond acceptors (Lipinski definition) is 5. The lowest BCUT2D eigenvalue weighted by atomic mass is 10.1. The Bertz CT molecular complexity index is 1090. The van der Waals surface area contributed by atoms with Gasteiger partial charge >= 0.3 is 5.97 Å². The van der Waals surface area contributed by atoms with E-state index >= 15 is 0 Å². The molecule has 0 saturated carbocycles. The molecule has 0 saturated heterocycles. The molecular weight excluding hydrogens is 425 g/mol. The third kappa shape index (κ3) is 5.91. The van der Waals surface area contributed by atoms with E-state index < -0.39 is 5.97 Å². The Morgan fingerprint density at radius 2 is 1.70 bits per heavy atom. The Balaban J connectivity index is 1.83. The van der Waals surface area contributed by atoms with Crippen LogP contribution in [0.3, 0.4) is 0 Å². The highest BCUT2D eigenvalue weighted by Crippen LogP contribution is 2.23. The number of halogens is 1. The number of carbonyl (C=O) groups is 2. The second-order valence-corrected chi connectivity index (χ2v) is 7.30. The number of benzene rings is 2. The average molecular weight is 454 g/mol. The maximum absolute atomic E-state index is 13.1. The number of methoxy groups -OCH3 is 1. The van der Waals surface area contributed by atoms with Gasteiger partial charge in [0.05, 0.1) is 25.8 Å². The predicted octanol–water partition coefficient (Wildman–Crippen LogP) is 4.44. The van der Waals surface area contributed by atoms with E-state index in [0.29, 0.717) is 35.5 Å². The summed E-state index contributed by atoms with van der Waals surface area (Å²) in [6.45, 7) is 4.36. The fourth-order valence-corrected chi connectivity index (χ4v) is 3.50. The van der Waals surface area contributed by atoms with Crippen molar-refractivity contribution in [3.8, 4) is 5.75 Å². The standard InChI is InChI=1S/C25H28FN3O4/c1-4-20-22(25(31)33-5-2)21(15-27-18-10-12-19(32-3)13-11-18)29-23(20)24(30)28-14-16-6-8-17(26)9-7-16/h6-13,27,29H,4-5,14-15H2,1-3H3,(H,28,30). The van der Waals surface area contributed by atoms with Crippen LogP contribution in [-0.2, 0) is 24.2 Å². The van der Waals surface area contributed by atoms with Crippen molar-refractivity contribution in [2.24, 2.45) is 0 Å². The van der Waals surface area contributed by atoms with Crippen LogP contribution >= 0.6 is 0 Å². The fraction of sp³-hybridized carbons (Fsp3) is 0.280. The number of ether oxygens (including phenoxy) is 2. The van der Waals surface area contributed by atoms with Crippen molar-refractivity contribution in [2.45, 2.75) is 33.4 Å². The minimum absolute atomic E-state index is 0.227. The van der Waals surface area contributed by atoms with Crippen LogP contribution in [-0.4, -0.2) is 30.6 Å². The molecule has 3 rings (SSSR count). The first kappa shape index (κ1) is 23.8. The number of nitrogens with one attached hydrogen (secondary N) is 3. The number of rotatable bonds is 10. The Hall–Kier alpha value is -3.81. The van der Waals surface area contributed by atoms with Crippen LogP contribution in [0.5, 0.6) is 5.75 Å². The first-order valence-electron chi connectivity index (χ1n) is 10.8. The lowest BCUT2D eigenvalue weighted by molar-refractivity contribution is 0.0524. The van der Waals surface area contributed by atoms with Crippen LogP contribution in [0.4, 0.5) is 10.1 Å². The van der Waals surface area contributed by atoms with Crippen LogP contribution in [0.25, 0.3) is 0 Å². The number of H-pyrrole nitrogens is 1. The largest absolute Gasteiger partial charge is 0.497 e. The molecule has 0 aliphatic carbocycles. The van der Waals surface area contributed by atoms with Gasteiger partial charge in [-0.2, -0.15) is 0 Å². The van der Waals surface area contributed by atoms with Crippen molar-refractivity contribution >= 4 is 17.6 Å². The molecule has 33 heavy (non-hydrogen) atoms. The third-order valence-corrected chi connectivity index (χ3v) is 5.17. The van der Waals surface area contributed by atoms with Gasteiger partial charge in [0, 0.05) is 17.9 Å². The number of carbonyl (C=O) groups excluding carboxylic acids is 2. The van der Waals surface area contributed by atoms with Crippen molar-refractivity contribution < 1.29 is 23.5 Å². The van der Waals surface area contributed by atoms with E-state index in [1.54, 1.807) is 26.2 Å². The van der Waals surface area contributed by atoms with E-state index in [4.69, 9.17) is 9.47 Å². The number of anilines is 1. The van der Waals surface area contributed by atoms with Gasteiger partial charge in [0.25, 0.3) is 5.91 Å². The maximum Gasteiger partial charge on any atom is 0.340 e. The molecular formula is C25H28FN3O4. The van der Waals surface area contributed by atoms with Gasteiger partial charge in [0.1, 0.15) is 17.3 Å². The van der Waals surface area contributed by atoms with Crippen LogP contribution in [0, 0.1) is 5.82 Å². The lowest BCUT2D eigenvalue weighted by Crippen LogP contribution is -2.24. The topological polar surface area (TPSA) is 92.5 Å². The maximum atomic E-state index is 13.1. The zero-order valence-electron chi connectivity index (χ0n) is 19.0. The van der Waals surface area contributed by atoms with Gasteiger partial charge in [0.2, 0.25) is 0 Å². The molecule has 1 amide bonds. The molecule has 0 radical (unpaired) electrons. The molecule has 3 aromatic rings. The zero-order valence-corrected chi connectivity index (χ0v) is 19.0. The quantitative estimate of drug-likeness (QED) is 0.395. The highest BCUT2D eigenvalue weighted by atomic mass is 19.1. The molecule has 0 fully saturated rings. The van der Waals surface area contributed by atoms with E-state index in [1.807, 2.05) is 31.2 Å². The molecule has 174 valence electrons. The summed E-state index contributed by atoms with van der Waals surface area (Å²) in [6.07, 6.45) is 0.465. The van der Waals surface area contributed by atoms with Crippen molar-refractivity contribution in [3.05, 3.63) is 82.4 Å². The molecule has 1 heterocycles. The molecule has 0 aliphatic rings. The molecule has 0 aliphatic heterocycles. The van der Waals surface area contributed by atoms with E-state index in [9.17, 15) is 14.0 Å². The third-order valence-electron chi connectivity index (χ3n) is 5.17. The smallest absolute Gasteiger partial charge is 0.340 e. The van der Waals surface area contributed by atoms with Crippen LogP contribution in [0.2, 0.25) is 0 Å². The summed E-state index contributed by atoms with van der Waals surface area (Å²) in [4.78, 5) is 28.8. The summed E-state index contributed by atoms with van der Waals surface area (Å²) in [5.74, 6) is -0.427. The second-order valence-electron chi connectivity index (χ2n) is 7.30. The van der Waals surface area contributed by atoms with Gasteiger partial charge in [-0.25, -0.2) is 9.18 Å². The molecule has 8 heteroatoms. The molecule has 0 unspecified atom stereocenters. The first-order chi connectivity index (χ1) is 16.0. The van der Waals surface area contributed by atoms with Gasteiger partial charge in [0.15, 0.2) is 0 Å².